The molecule has 0 bridgehead atoms. The van der Waals surface area contributed by atoms with Crippen LogP contribution in [0.1, 0.15) is 6.92 Å². The molecule has 0 fully saturated rings. The molecule has 0 aromatic carbocycles. The minimum absolute atomic E-state index is 0.408. The van der Waals surface area contributed by atoms with Gasteiger partial charge in [0.2, 0.25) is 0 Å². The van der Waals surface area contributed by atoms with E-state index in [0.29, 0.717) is 6.54 Å². The zero-order valence-corrected chi connectivity index (χ0v) is 5.68. The lowest BCUT2D eigenvalue weighted by Gasteiger charge is -1.98. The van der Waals surface area contributed by atoms with Crippen LogP contribution in [0.15, 0.2) is 12.2 Å². The fourth-order valence-corrected chi connectivity index (χ4v) is 0.364. The van der Waals surface area contributed by atoms with Gasteiger partial charge >= 0.3 is 5.97 Å². The molecule has 4 nitrogen and oxygen atoms in total. The summed E-state index contributed by atoms with van der Waals surface area (Å²) >= 11 is 0. The third-order valence-electron chi connectivity index (χ3n) is 0.870. The maximum atomic E-state index is 10.6. The van der Waals surface area contributed by atoms with Gasteiger partial charge in [0.25, 0.3) is 5.91 Å². The topological polar surface area (TPSA) is 66.4 Å². The van der Waals surface area contributed by atoms with E-state index in [-0.39, 0.29) is 0 Å². The molecule has 0 aliphatic carbocycles. The summed E-state index contributed by atoms with van der Waals surface area (Å²) in [5, 5.41) is 10.5. The smallest absolute Gasteiger partial charge is 0.340 e. The van der Waals surface area contributed by atoms with Crippen molar-refractivity contribution in [2.75, 3.05) is 6.54 Å². The molecule has 0 heterocycles. The minimum atomic E-state index is -1.29. The fourth-order valence-electron chi connectivity index (χ4n) is 0.364. The van der Waals surface area contributed by atoms with Crippen LogP contribution in [0, 0.1) is 0 Å². The maximum absolute atomic E-state index is 10.6. The molecular weight excluding hydrogens is 134 g/mol. The Morgan fingerprint density at radius 3 is 2.40 bits per heavy atom. The monoisotopic (exact) mass is 143 g/mol. The number of hydrogen-bond donors (Lipinski definition) is 2. The largest absolute Gasteiger partial charge is 0.478 e. The van der Waals surface area contributed by atoms with E-state index in [1.54, 1.807) is 6.92 Å². The standard InChI is InChI=1S/C6H9NO3/c1-3-7-5(8)4(2)6(9)10/h2-3H2,1H3,(H,7,8)(H,9,10). The second-order valence-electron chi connectivity index (χ2n) is 1.64. The summed E-state index contributed by atoms with van der Waals surface area (Å²) in [6.45, 7) is 5.17. The van der Waals surface area contributed by atoms with E-state index in [1.807, 2.05) is 0 Å². The molecule has 0 unspecified atom stereocenters. The number of rotatable bonds is 3. The Labute approximate surface area is 58.5 Å². The van der Waals surface area contributed by atoms with Crippen molar-refractivity contribution in [3.8, 4) is 0 Å². The summed E-state index contributed by atoms with van der Waals surface area (Å²) in [4.78, 5) is 20.6. The van der Waals surface area contributed by atoms with Crippen LogP contribution in [-0.2, 0) is 9.59 Å². The number of hydrogen-bond acceptors (Lipinski definition) is 2. The number of amides is 1. The van der Waals surface area contributed by atoms with Gasteiger partial charge in [-0.2, -0.15) is 0 Å². The van der Waals surface area contributed by atoms with Gasteiger partial charge in [0.15, 0.2) is 0 Å². The normalized spacial score (nSPS) is 8.50. The van der Waals surface area contributed by atoms with Gasteiger partial charge in [0, 0.05) is 6.54 Å². The van der Waals surface area contributed by atoms with Crippen LogP contribution < -0.4 is 5.32 Å². The Morgan fingerprint density at radius 1 is 1.60 bits per heavy atom. The highest BCUT2D eigenvalue weighted by Gasteiger charge is 2.11. The molecule has 0 saturated carbocycles. The number of aliphatic carboxylic acids is 1. The number of likely N-dealkylation sites (N-methyl/N-ethyl adjacent to an activating group) is 1. The Morgan fingerprint density at radius 2 is 2.10 bits per heavy atom. The van der Waals surface area contributed by atoms with E-state index < -0.39 is 17.4 Å². The molecule has 0 aromatic heterocycles. The molecular formula is C6H9NO3. The van der Waals surface area contributed by atoms with Crippen LogP contribution in [0.4, 0.5) is 0 Å². The van der Waals surface area contributed by atoms with Crippen LogP contribution in [0.5, 0.6) is 0 Å². The summed E-state index contributed by atoms with van der Waals surface area (Å²) < 4.78 is 0. The van der Waals surface area contributed by atoms with Crippen LogP contribution >= 0.6 is 0 Å². The first-order valence-corrected chi connectivity index (χ1v) is 2.80. The average molecular weight is 143 g/mol. The molecule has 0 atom stereocenters. The number of carbonyl (C=O) groups is 2. The average Bonchev–Trinajstić information content (AvgIpc) is 1.87. The van der Waals surface area contributed by atoms with E-state index in [0.717, 1.165) is 0 Å². The van der Waals surface area contributed by atoms with Gasteiger partial charge < -0.3 is 10.4 Å². The highest BCUT2D eigenvalue weighted by Crippen LogP contribution is 1.87. The van der Waals surface area contributed by atoms with Crippen molar-refractivity contribution in [2.45, 2.75) is 6.92 Å². The Hall–Kier alpha value is -1.32. The Kier molecular flexibility index (Phi) is 3.17. The molecule has 0 aromatic rings. The predicted octanol–water partition coefficient (Wildman–Crippen LogP) is -0.237. The number of carboxylic acid groups (broad SMARTS) is 1. The zero-order valence-electron chi connectivity index (χ0n) is 5.68. The zero-order chi connectivity index (χ0) is 8.15. The molecule has 10 heavy (non-hydrogen) atoms. The molecule has 0 spiro atoms. The molecule has 4 heteroatoms. The molecule has 0 radical (unpaired) electrons. The first kappa shape index (κ1) is 8.68. The summed E-state index contributed by atoms with van der Waals surface area (Å²) in [5.41, 5.74) is -0.429. The molecule has 2 N–H and O–H groups in total. The van der Waals surface area contributed by atoms with E-state index in [9.17, 15) is 9.59 Å². The highest BCUT2D eigenvalue weighted by atomic mass is 16.4. The number of nitrogens with one attached hydrogen (secondary N) is 1. The first-order valence-electron chi connectivity index (χ1n) is 2.80. The van der Waals surface area contributed by atoms with Gasteiger partial charge in [-0.05, 0) is 6.92 Å². The van der Waals surface area contributed by atoms with Crippen molar-refractivity contribution >= 4 is 11.9 Å². The van der Waals surface area contributed by atoms with Crippen LogP contribution in [0.3, 0.4) is 0 Å². The Balaban J connectivity index is 3.96. The van der Waals surface area contributed by atoms with Gasteiger partial charge in [-0.25, -0.2) is 4.79 Å². The SMILES string of the molecule is C=C(C(=O)O)C(=O)NCC. The van der Waals surface area contributed by atoms with E-state index in [1.165, 1.54) is 0 Å². The lowest BCUT2D eigenvalue weighted by atomic mass is 10.3. The van der Waals surface area contributed by atoms with Gasteiger partial charge in [-0.3, -0.25) is 4.79 Å². The maximum Gasteiger partial charge on any atom is 0.340 e. The van der Waals surface area contributed by atoms with Crippen LogP contribution in [-0.4, -0.2) is 23.5 Å². The minimum Gasteiger partial charge on any atom is -0.478 e. The fraction of sp³-hybridized carbons (Fsp3) is 0.333. The predicted molar refractivity (Wildman–Crippen MR) is 35.5 cm³/mol. The van der Waals surface area contributed by atoms with Gasteiger partial charge in [0.05, 0.1) is 0 Å². The van der Waals surface area contributed by atoms with Crippen molar-refractivity contribution in [3.63, 3.8) is 0 Å². The van der Waals surface area contributed by atoms with Crippen molar-refractivity contribution in [3.05, 3.63) is 12.2 Å². The first-order chi connectivity index (χ1) is 4.59. The quantitative estimate of drug-likeness (QED) is 0.325. The lowest BCUT2D eigenvalue weighted by molar-refractivity contribution is -0.134. The Bertz CT molecular complexity index is 174. The highest BCUT2D eigenvalue weighted by molar-refractivity contribution is 6.14. The molecule has 0 saturated heterocycles. The number of carboxylic acids is 1. The van der Waals surface area contributed by atoms with Gasteiger partial charge in [0.1, 0.15) is 5.57 Å². The summed E-state index contributed by atoms with van der Waals surface area (Å²) in [5.74, 6) is -1.92. The summed E-state index contributed by atoms with van der Waals surface area (Å²) in [7, 11) is 0. The number of carbonyl (C=O) groups excluding carboxylic acids is 1. The summed E-state index contributed by atoms with van der Waals surface area (Å²) in [6.07, 6.45) is 0. The second kappa shape index (κ2) is 3.66. The second-order valence-corrected chi connectivity index (χ2v) is 1.64. The van der Waals surface area contributed by atoms with E-state index in [2.05, 4.69) is 11.9 Å². The van der Waals surface area contributed by atoms with Crippen molar-refractivity contribution in [2.24, 2.45) is 0 Å². The summed E-state index contributed by atoms with van der Waals surface area (Å²) in [6, 6.07) is 0. The molecule has 1 amide bonds. The van der Waals surface area contributed by atoms with E-state index >= 15 is 0 Å². The van der Waals surface area contributed by atoms with Crippen LogP contribution in [0.25, 0.3) is 0 Å². The third-order valence-corrected chi connectivity index (χ3v) is 0.870. The molecule has 0 rings (SSSR count). The van der Waals surface area contributed by atoms with Crippen LogP contribution in [0.2, 0.25) is 0 Å². The molecule has 56 valence electrons. The van der Waals surface area contributed by atoms with Crippen molar-refractivity contribution in [1.82, 2.24) is 5.32 Å². The third kappa shape index (κ3) is 2.30. The van der Waals surface area contributed by atoms with Gasteiger partial charge in [-0.1, -0.05) is 6.58 Å². The van der Waals surface area contributed by atoms with E-state index in [4.69, 9.17) is 5.11 Å². The molecule has 0 aliphatic heterocycles. The lowest BCUT2D eigenvalue weighted by Crippen LogP contribution is -2.27. The van der Waals surface area contributed by atoms with Gasteiger partial charge in [-0.15, -0.1) is 0 Å². The van der Waals surface area contributed by atoms with Crippen molar-refractivity contribution < 1.29 is 14.7 Å². The molecule has 0 aliphatic rings. The van der Waals surface area contributed by atoms with Crippen molar-refractivity contribution in [1.29, 1.82) is 0 Å².